The third-order valence-electron chi connectivity index (χ3n) is 3.06. The van der Waals surface area contributed by atoms with Crippen LogP contribution in [-0.2, 0) is 10.0 Å². The first-order valence-corrected chi connectivity index (χ1v) is 8.02. The van der Waals surface area contributed by atoms with Crippen LogP contribution < -0.4 is 4.72 Å². The van der Waals surface area contributed by atoms with Gasteiger partial charge in [0.1, 0.15) is 0 Å². The van der Waals surface area contributed by atoms with Crippen LogP contribution in [0.15, 0.2) is 41.3 Å². The van der Waals surface area contributed by atoms with Crippen LogP contribution in [0.5, 0.6) is 0 Å². The van der Waals surface area contributed by atoms with Gasteiger partial charge in [-0.25, -0.2) is 8.42 Å². The first-order chi connectivity index (χ1) is 9.29. The van der Waals surface area contributed by atoms with Crippen molar-refractivity contribution in [2.45, 2.75) is 25.7 Å². The zero-order valence-electron chi connectivity index (χ0n) is 11.6. The average molecular weight is 310 g/mol. The van der Waals surface area contributed by atoms with Crippen molar-refractivity contribution in [2.75, 3.05) is 4.72 Å². The van der Waals surface area contributed by atoms with Crippen molar-refractivity contribution in [3.63, 3.8) is 0 Å². The van der Waals surface area contributed by atoms with Gasteiger partial charge in [0.15, 0.2) is 0 Å². The zero-order valence-corrected chi connectivity index (χ0v) is 13.1. The summed E-state index contributed by atoms with van der Waals surface area (Å²) in [6.45, 7) is 5.50. The molecule has 0 aliphatic carbocycles. The topological polar surface area (TPSA) is 46.2 Å². The number of aryl methyl sites for hydroxylation is 3. The Kier molecular flexibility index (Phi) is 4.06. The van der Waals surface area contributed by atoms with Crippen LogP contribution in [0, 0.1) is 20.8 Å². The van der Waals surface area contributed by atoms with Crippen molar-refractivity contribution in [2.24, 2.45) is 0 Å². The molecule has 1 N–H and O–H groups in total. The fraction of sp³-hybridized carbons (Fsp3) is 0.200. The number of nitrogens with one attached hydrogen (secondary N) is 1. The lowest BCUT2D eigenvalue weighted by Crippen LogP contribution is -2.14. The predicted octanol–water partition coefficient (Wildman–Crippen LogP) is 4.07. The van der Waals surface area contributed by atoms with Crippen LogP contribution in [0.2, 0.25) is 5.02 Å². The van der Waals surface area contributed by atoms with Crippen LogP contribution in [0.25, 0.3) is 0 Å². The molecule has 5 heteroatoms. The van der Waals surface area contributed by atoms with Crippen LogP contribution in [0.1, 0.15) is 16.7 Å². The molecule has 2 aromatic carbocycles. The van der Waals surface area contributed by atoms with Gasteiger partial charge in [0.05, 0.1) is 10.6 Å². The molecule has 3 nitrogen and oxygen atoms in total. The molecule has 0 fully saturated rings. The van der Waals surface area contributed by atoms with Crippen LogP contribution >= 0.6 is 11.6 Å². The molecule has 2 aromatic rings. The second kappa shape index (κ2) is 5.46. The zero-order chi connectivity index (χ0) is 14.9. The molecule has 0 saturated heterocycles. The van der Waals surface area contributed by atoms with Crippen LogP contribution in [0.3, 0.4) is 0 Å². The fourth-order valence-corrected chi connectivity index (χ4v) is 3.42. The van der Waals surface area contributed by atoms with E-state index in [2.05, 4.69) is 4.72 Å². The quantitative estimate of drug-likeness (QED) is 0.929. The highest BCUT2D eigenvalue weighted by Gasteiger charge is 2.17. The fourth-order valence-electron chi connectivity index (χ4n) is 1.86. The number of hydrogen-bond donors (Lipinski definition) is 1. The molecule has 0 unspecified atom stereocenters. The maximum atomic E-state index is 12.4. The van der Waals surface area contributed by atoms with E-state index in [0.717, 1.165) is 11.1 Å². The lowest BCUT2D eigenvalue weighted by atomic mass is 10.2. The molecule has 0 atom stereocenters. The van der Waals surface area contributed by atoms with E-state index < -0.39 is 10.0 Å². The minimum atomic E-state index is -3.60. The standard InChI is InChI=1S/C15H16ClNO2S/c1-10-4-5-12(3)15(8-10)20(18,19)17-13-7-6-11(2)14(16)9-13/h4-9,17H,1-3H3. The summed E-state index contributed by atoms with van der Waals surface area (Å²) in [6, 6.07) is 10.4. The number of sulfonamides is 1. The summed E-state index contributed by atoms with van der Waals surface area (Å²) in [4.78, 5) is 0.286. The summed E-state index contributed by atoms with van der Waals surface area (Å²) in [5.74, 6) is 0. The van der Waals surface area contributed by atoms with Crippen molar-refractivity contribution in [1.82, 2.24) is 0 Å². The van der Waals surface area contributed by atoms with E-state index in [1.807, 2.05) is 19.9 Å². The van der Waals surface area contributed by atoms with Gasteiger partial charge in [0, 0.05) is 5.02 Å². The molecule has 0 heterocycles. The molecule has 0 aromatic heterocycles. The lowest BCUT2D eigenvalue weighted by Gasteiger charge is -2.12. The molecule has 0 spiro atoms. The number of halogens is 1. The minimum absolute atomic E-state index is 0.286. The van der Waals surface area contributed by atoms with E-state index in [4.69, 9.17) is 11.6 Å². The Hall–Kier alpha value is -1.52. The number of rotatable bonds is 3. The number of benzene rings is 2. The van der Waals surface area contributed by atoms with Crippen molar-refractivity contribution >= 4 is 27.3 Å². The van der Waals surface area contributed by atoms with Gasteiger partial charge in [0.25, 0.3) is 10.0 Å². The maximum absolute atomic E-state index is 12.4. The molecule has 0 bridgehead atoms. The van der Waals surface area contributed by atoms with E-state index in [1.165, 1.54) is 0 Å². The first kappa shape index (κ1) is 14.9. The van der Waals surface area contributed by atoms with Crippen LogP contribution in [0.4, 0.5) is 5.69 Å². The molecular weight excluding hydrogens is 294 g/mol. The van der Waals surface area contributed by atoms with Gasteiger partial charge in [-0.1, -0.05) is 29.8 Å². The highest BCUT2D eigenvalue weighted by Crippen LogP contribution is 2.24. The molecule has 0 aliphatic rings. The van der Waals surface area contributed by atoms with Gasteiger partial charge in [-0.15, -0.1) is 0 Å². The molecule has 0 saturated carbocycles. The van der Waals surface area contributed by atoms with E-state index in [1.54, 1.807) is 37.3 Å². The largest absolute Gasteiger partial charge is 0.280 e. The minimum Gasteiger partial charge on any atom is -0.280 e. The molecule has 106 valence electrons. The molecule has 0 radical (unpaired) electrons. The Morgan fingerprint density at radius 2 is 1.60 bits per heavy atom. The number of anilines is 1. The van der Waals surface area contributed by atoms with Gasteiger partial charge >= 0.3 is 0 Å². The van der Waals surface area contributed by atoms with Crippen molar-refractivity contribution in [3.05, 3.63) is 58.1 Å². The van der Waals surface area contributed by atoms with Crippen molar-refractivity contribution in [1.29, 1.82) is 0 Å². The molecular formula is C15H16ClNO2S. The molecule has 2 rings (SSSR count). The summed E-state index contributed by atoms with van der Waals surface area (Å²) in [5, 5.41) is 0.533. The Labute approximate surface area is 124 Å². The SMILES string of the molecule is Cc1ccc(C)c(S(=O)(=O)Nc2ccc(C)c(Cl)c2)c1. The predicted molar refractivity (Wildman–Crippen MR) is 82.9 cm³/mol. The van der Waals surface area contributed by atoms with E-state index >= 15 is 0 Å². The first-order valence-electron chi connectivity index (χ1n) is 6.16. The third-order valence-corrected chi connectivity index (χ3v) is 4.99. The second-order valence-electron chi connectivity index (χ2n) is 4.84. The Morgan fingerprint density at radius 3 is 2.25 bits per heavy atom. The summed E-state index contributed by atoms with van der Waals surface area (Å²) in [5.41, 5.74) is 2.97. The highest BCUT2D eigenvalue weighted by molar-refractivity contribution is 7.92. The van der Waals surface area contributed by atoms with Gasteiger partial charge < -0.3 is 0 Å². The summed E-state index contributed by atoms with van der Waals surface area (Å²) in [6.07, 6.45) is 0. The maximum Gasteiger partial charge on any atom is 0.262 e. The molecule has 20 heavy (non-hydrogen) atoms. The second-order valence-corrected chi connectivity index (χ2v) is 6.90. The Bertz CT molecular complexity index is 754. The lowest BCUT2D eigenvalue weighted by molar-refractivity contribution is 0.600. The van der Waals surface area contributed by atoms with E-state index in [9.17, 15) is 8.42 Å². The Morgan fingerprint density at radius 1 is 0.950 bits per heavy atom. The molecule has 0 aliphatic heterocycles. The van der Waals surface area contributed by atoms with Gasteiger partial charge in [0.2, 0.25) is 0 Å². The summed E-state index contributed by atoms with van der Waals surface area (Å²) >= 11 is 6.01. The smallest absolute Gasteiger partial charge is 0.262 e. The van der Waals surface area contributed by atoms with Crippen molar-refractivity contribution < 1.29 is 8.42 Å². The van der Waals surface area contributed by atoms with Gasteiger partial charge in [-0.3, -0.25) is 4.72 Å². The van der Waals surface area contributed by atoms with Gasteiger partial charge in [-0.05, 0) is 55.7 Å². The highest BCUT2D eigenvalue weighted by atomic mass is 35.5. The van der Waals surface area contributed by atoms with Crippen molar-refractivity contribution in [3.8, 4) is 0 Å². The normalized spacial score (nSPS) is 11.4. The Balaban J connectivity index is 2.40. The van der Waals surface area contributed by atoms with E-state index in [-0.39, 0.29) is 4.90 Å². The summed E-state index contributed by atoms with van der Waals surface area (Å²) < 4.78 is 27.4. The van der Waals surface area contributed by atoms with Gasteiger partial charge in [-0.2, -0.15) is 0 Å². The number of hydrogen-bond acceptors (Lipinski definition) is 2. The molecule has 0 amide bonds. The summed E-state index contributed by atoms with van der Waals surface area (Å²) in [7, 11) is -3.60. The third kappa shape index (κ3) is 3.14. The van der Waals surface area contributed by atoms with Crippen LogP contribution in [-0.4, -0.2) is 8.42 Å². The monoisotopic (exact) mass is 309 g/mol. The van der Waals surface area contributed by atoms with E-state index in [0.29, 0.717) is 16.3 Å². The average Bonchev–Trinajstić information content (AvgIpc) is 2.36.